The Labute approximate surface area is 442 Å². The molecule has 15 aromatic carbocycles. The van der Waals surface area contributed by atoms with E-state index in [1.54, 1.807) is 0 Å². The molecule has 75 heavy (non-hydrogen) atoms. The molecule has 344 valence electrons. The standard InChI is InChI=1S/C73H42BI/c74-72-58-24-7-5-22-55(58)70(56-23-6-8-25-59(56)72)47-35-37-51-50-36-34-46(69-48-20-3-1-16-44(48)40-45-17-2-4-21-49(45)69)41-63(50)73(64(51)42-47)61-30-9-11-32-66(61)75(67-33-12-10-31-62(67)73)65-39-38-57-53-27-14-19-43-18-13-26-52(68(43)53)54-28-15-29-60(65)71(54)57/h1-42H. The zero-order valence-corrected chi connectivity index (χ0v) is 42.9. The summed E-state index contributed by atoms with van der Waals surface area (Å²) in [5.74, 6) is 0. The van der Waals surface area contributed by atoms with Gasteiger partial charge in [-0.25, -0.2) is 0 Å². The Morgan fingerprint density at radius 1 is 0.267 bits per heavy atom. The summed E-state index contributed by atoms with van der Waals surface area (Å²) in [4.78, 5) is 0. The maximum atomic E-state index is 7.06. The van der Waals surface area contributed by atoms with Gasteiger partial charge in [-0.05, 0) is 0 Å². The normalized spacial score (nSPS) is 13.9. The first-order chi connectivity index (χ1) is 37.1. The van der Waals surface area contributed by atoms with E-state index in [1.807, 2.05) is 0 Å². The zero-order chi connectivity index (χ0) is 49.1. The van der Waals surface area contributed by atoms with Gasteiger partial charge in [0.15, 0.2) is 0 Å². The summed E-state index contributed by atoms with van der Waals surface area (Å²) >= 11 is -2.49. The molecule has 0 saturated heterocycles. The minimum absolute atomic E-state index is 0.640. The van der Waals surface area contributed by atoms with Crippen molar-refractivity contribution in [2.24, 2.45) is 0 Å². The number of fused-ring (bicyclic) bond motifs is 15. The van der Waals surface area contributed by atoms with Crippen molar-refractivity contribution in [3.05, 3.63) is 288 Å². The van der Waals surface area contributed by atoms with Gasteiger partial charge in [0, 0.05) is 0 Å². The molecule has 0 atom stereocenters. The van der Waals surface area contributed by atoms with Crippen LogP contribution in [0.3, 0.4) is 0 Å². The fraction of sp³-hybridized carbons (Fsp3) is 0.0137. The van der Waals surface area contributed by atoms with E-state index in [-0.39, 0.29) is 0 Å². The third kappa shape index (κ3) is 5.52. The van der Waals surface area contributed by atoms with Crippen molar-refractivity contribution in [3.63, 3.8) is 0 Å². The van der Waals surface area contributed by atoms with E-state index in [0.717, 1.165) is 16.2 Å². The molecule has 2 heteroatoms. The molecule has 15 aromatic rings. The van der Waals surface area contributed by atoms with E-state index in [0.29, 0.717) is 0 Å². The third-order valence-electron chi connectivity index (χ3n) is 17.1. The molecule has 0 fully saturated rings. The fourth-order valence-electron chi connectivity index (χ4n) is 14.1. The molecule has 17 rings (SSSR count). The first-order valence-electron chi connectivity index (χ1n) is 26.0. The van der Waals surface area contributed by atoms with Crippen LogP contribution in [0.4, 0.5) is 0 Å². The molecule has 0 saturated carbocycles. The van der Waals surface area contributed by atoms with Gasteiger partial charge in [0.2, 0.25) is 0 Å². The Morgan fingerprint density at radius 2 is 0.680 bits per heavy atom. The molecular formula is C73H42BI. The van der Waals surface area contributed by atoms with E-state index in [4.69, 9.17) is 7.85 Å². The van der Waals surface area contributed by atoms with Crippen molar-refractivity contribution < 1.29 is 0 Å². The average Bonchev–Trinajstić information content (AvgIpc) is 3.80. The van der Waals surface area contributed by atoms with Crippen LogP contribution >= 0.6 is 19.8 Å². The molecule has 2 radical (unpaired) electrons. The van der Waals surface area contributed by atoms with E-state index >= 15 is 0 Å². The molecule has 2 aliphatic rings. The second kappa shape index (κ2) is 15.5. The molecule has 0 bridgehead atoms. The summed E-state index contributed by atoms with van der Waals surface area (Å²) in [6.07, 6.45) is 0. The average molecular weight is 1060 g/mol. The SMILES string of the molecule is [B]c1c2ccccc2c(-c2ccc3c(c2)C2(c4cc(-c5c6ccccc6cc6ccccc56)ccc4-3)c3ccccc3I(c3ccc4c5cccc6cccc(c7cccc3c74)c65)c3ccccc32)c2ccccc12. The summed E-state index contributed by atoms with van der Waals surface area (Å²) in [5.41, 5.74) is 13.2. The van der Waals surface area contributed by atoms with Crippen LogP contribution in [0.25, 0.3) is 120 Å². The van der Waals surface area contributed by atoms with Gasteiger partial charge in [0.25, 0.3) is 0 Å². The zero-order valence-electron chi connectivity index (χ0n) is 40.7. The van der Waals surface area contributed by atoms with Crippen LogP contribution in [0.15, 0.2) is 255 Å². The Morgan fingerprint density at radius 3 is 1.25 bits per heavy atom. The molecule has 1 aliphatic heterocycles. The van der Waals surface area contributed by atoms with Crippen molar-refractivity contribution in [3.8, 4) is 33.4 Å². The maximum absolute atomic E-state index is 7.06. The van der Waals surface area contributed by atoms with Crippen LogP contribution in [-0.2, 0) is 5.41 Å². The number of hydrogen-bond acceptors (Lipinski definition) is 0. The summed E-state index contributed by atoms with van der Waals surface area (Å²) in [6.45, 7) is 0. The molecule has 1 heterocycles. The molecule has 0 unspecified atom stereocenters. The van der Waals surface area contributed by atoms with Crippen LogP contribution in [-0.4, -0.2) is 7.85 Å². The van der Waals surface area contributed by atoms with Crippen LogP contribution in [0.2, 0.25) is 0 Å². The van der Waals surface area contributed by atoms with Gasteiger partial charge in [-0.15, -0.1) is 0 Å². The number of rotatable bonds is 3. The van der Waals surface area contributed by atoms with Gasteiger partial charge in [0.1, 0.15) is 0 Å². The topological polar surface area (TPSA) is 0 Å². The van der Waals surface area contributed by atoms with Crippen molar-refractivity contribution in [1.82, 2.24) is 0 Å². The Kier molecular flexibility index (Phi) is 8.65. The second-order valence-corrected chi connectivity index (χ2v) is 25.7. The Bertz CT molecular complexity index is 4780. The number of halogens is 1. The predicted octanol–water partition coefficient (Wildman–Crippen LogP) is 18.6. The van der Waals surface area contributed by atoms with Gasteiger partial charge in [-0.3, -0.25) is 0 Å². The first kappa shape index (κ1) is 41.9. The monoisotopic (exact) mass is 1060 g/mol. The number of hydrogen-bond donors (Lipinski definition) is 0. The van der Waals surface area contributed by atoms with Gasteiger partial charge in [0.05, 0.1) is 0 Å². The van der Waals surface area contributed by atoms with E-state index < -0.39 is 25.2 Å². The first-order valence-corrected chi connectivity index (χ1v) is 29.3. The number of benzene rings is 15. The molecule has 1 spiro atoms. The summed E-state index contributed by atoms with van der Waals surface area (Å²) in [5, 5.41) is 20.3. The molecule has 1 aliphatic carbocycles. The second-order valence-electron chi connectivity index (χ2n) is 20.6. The Hall–Kier alpha value is -8.57. The summed E-state index contributed by atoms with van der Waals surface area (Å²) in [7, 11) is 7.06. The van der Waals surface area contributed by atoms with Gasteiger partial charge in [-0.1, -0.05) is 0 Å². The van der Waals surface area contributed by atoms with Crippen LogP contribution < -0.4 is 5.46 Å². The third-order valence-corrected chi connectivity index (χ3v) is 23.4. The van der Waals surface area contributed by atoms with Gasteiger partial charge >= 0.3 is 446 Å². The van der Waals surface area contributed by atoms with E-state index in [9.17, 15) is 0 Å². The van der Waals surface area contributed by atoms with Crippen LogP contribution in [0, 0.1) is 10.7 Å². The molecular weight excluding hydrogens is 1010 g/mol. The van der Waals surface area contributed by atoms with E-state index in [1.165, 1.54) is 142 Å². The molecule has 0 amide bonds. The van der Waals surface area contributed by atoms with Crippen molar-refractivity contribution in [2.75, 3.05) is 0 Å². The predicted molar refractivity (Wildman–Crippen MR) is 328 cm³/mol. The molecule has 0 nitrogen and oxygen atoms in total. The molecule has 0 aromatic heterocycles. The van der Waals surface area contributed by atoms with Crippen molar-refractivity contribution in [2.45, 2.75) is 5.41 Å². The molecule has 0 N–H and O–H groups in total. The summed E-state index contributed by atoms with van der Waals surface area (Å²) < 4.78 is 4.48. The quantitative estimate of drug-likeness (QED) is 0.0716. The minimum atomic E-state index is -2.49. The fourth-order valence-corrected chi connectivity index (χ4v) is 21.0. The van der Waals surface area contributed by atoms with Crippen molar-refractivity contribution in [1.29, 1.82) is 0 Å². The van der Waals surface area contributed by atoms with Gasteiger partial charge < -0.3 is 0 Å². The summed E-state index contributed by atoms with van der Waals surface area (Å²) in [6, 6.07) is 97.5. The van der Waals surface area contributed by atoms with Gasteiger partial charge in [-0.2, -0.15) is 0 Å². The van der Waals surface area contributed by atoms with Crippen LogP contribution in [0.5, 0.6) is 0 Å². The Balaban J connectivity index is 0.990. The van der Waals surface area contributed by atoms with Crippen molar-refractivity contribution >= 4 is 119 Å². The van der Waals surface area contributed by atoms with E-state index in [2.05, 4.69) is 255 Å². The van der Waals surface area contributed by atoms with Crippen LogP contribution in [0.1, 0.15) is 22.3 Å².